The predicted molar refractivity (Wildman–Crippen MR) is 561 cm³/mol. The second-order valence-electron chi connectivity index (χ2n) is 34.4. The average Bonchev–Trinajstić information content (AvgIpc) is 1.61. The van der Waals surface area contributed by atoms with Crippen molar-refractivity contribution < 1.29 is 71.7 Å². The van der Waals surface area contributed by atoms with Crippen molar-refractivity contribution >= 4 is 241 Å². The lowest BCUT2D eigenvalue weighted by Gasteiger charge is -2.32. The number of ether oxygens (including phenoxy) is 9. The first kappa shape index (κ1) is 96.5. The maximum absolute atomic E-state index is 13.9. The number of benzene rings is 7. The molecule has 5 amide bonds. The van der Waals surface area contributed by atoms with Crippen LogP contribution < -0.4 is 42.6 Å². The minimum atomic E-state index is -0.130. The van der Waals surface area contributed by atoms with E-state index in [2.05, 4.69) is 166 Å². The zero-order valence-corrected chi connectivity index (χ0v) is 88.2. The van der Waals surface area contributed by atoms with Gasteiger partial charge in [-0.1, -0.05) is 47.6 Å². The van der Waals surface area contributed by atoms with Crippen molar-refractivity contribution in [2.75, 3.05) is 49.6 Å². The van der Waals surface area contributed by atoms with Gasteiger partial charge in [0.25, 0.3) is 29.5 Å². The Morgan fingerprint density at radius 3 is 0.775 bits per heavy atom. The Morgan fingerprint density at radius 1 is 0.319 bits per heavy atom. The molecular weight excluding hydrogens is 2250 g/mol. The average molecular weight is 2340 g/mol. The summed E-state index contributed by atoms with van der Waals surface area (Å²) in [7, 11) is 11.8. The van der Waals surface area contributed by atoms with Crippen LogP contribution in [0, 0.1) is 0 Å². The topological polar surface area (TPSA) is 270 Å². The summed E-state index contributed by atoms with van der Waals surface area (Å²) < 4.78 is 59.1. The summed E-state index contributed by atoms with van der Waals surface area (Å²) in [6.45, 7) is 4.37. The predicted octanol–water partition coefficient (Wildman–Crippen LogP) is 23.3. The number of fused-ring (bicyclic) bond motifs is 15. The third-order valence-corrected chi connectivity index (χ3v) is 34.4. The van der Waals surface area contributed by atoms with Crippen molar-refractivity contribution in [2.45, 2.75) is 141 Å². The molecule has 1 N–H and O–H groups in total. The lowest BCUT2D eigenvalue weighted by molar-refractivity contribution is 0.0697. The lowest BCUT2D eigenvalue weighted by atomic mass is 10.0. The third kappa shape index (κ3) is 19.7. The molecule has 15 heterocycles. The molecular formula is C101H89Br6N11O15S5. The van der Waals surface area contributed by atoms with Crippen molar-refractivity contribution in [3.8, 4) is 57.5 Å². The molecule has 10 aliphatic rings. The molecule has 710 valence electrons. The number of thiophene rings is 5. The summed E-state index contributed by atoms with van der Waals surface area (Å²) >= 11 is 30.0. The number of hydrogen-bond donors (Lipinski definition) is 1. The number of halogens is 6. The van der Waals surface area contributed by atoms with E-state index in [4.69, 9.17) is 62.6 Å². The summed E-state index contributed by atoms with van der Waals surface area (Å²) in [4.78, 5) is 110. The van der Waals surface area contributed by atoms with E-state index in [1.165, 1.54) is 43.1 Å². The van der Waals surface area contributed by atoms with E-state index in [0.717, 1.165) is 107 Å². The van der Waals surface area contributed by atoms with E-state index in [1.54, 1.807) is 146 Å². The van der Waals surface area contributed by atoms with Gasteiger partial charge in [-0.25, -0.2) is 0 Å². The normalized spacial score (nSPS) is 17.9. The first-order valence-electron chi connectivity index (χ1n) is 43.6. The molecule has 0 fully saturated rings. The summed E-state index contributed by atoms with van der Waals surface area (Å²) in [5, 5.41) is 10.5. The van der Waals surface area contributed by atoms with E-state index in [0.29, 0.717) is 147 Å². The van der Waals surface area contributed by atoms with Crippen LogP contribution in [0.2, 0.25) is 0 Å². The number of methoxy groups -OCH3 is 5. The van der Waals surface area contributed by atoms with Crippen molar-refractivity contribution in [1.82, 2.24) is 29.4 Å². The molecule has 0 bridgehead atoms. The monoisotopic (exact) mass is 2330 g/mol. The number of amides is 5. The fourth-order valence-corrected chi connectivity index (χ4v) is 28.0. The van der Waals surface area contributed by atoms with Gasteiger partial charge in [0.15, 0.2) is 57.5 Å². The van der Waals surface area contributed by atoms with Gasteiger partial charge in [0, 0.05) is 162 Å². The van der Waals surface area contributed by atoms with Gasteiger partial charge >= 0.3 is 0 Å². The Kier molecular flexibility index (Phi) is 28.4. The molecule has 0 radical (unpaired) electrons. The van der Waals surface area contributed by atoms with E-state index in [9.17, 15) is 29.1 Å². The van der Waals surface area contributed by atoms with Crippen molar-refractivity contribution in [3.05, 3.63) is 260 Å². The third-order valence-electron chi connectivity index (χ3n) is 25.3. The Balaban J connectivity index is 0.000000143. The molecule has 0 spiro atoms. The Bertz CT molecular complexity index is 6760. The molecule has 5 atom stereocenters. The highest BCUT2D eigenvalue weighted by Crippen LogP contribution is 2.49. The van der Waals surface area contributed by atoms with E-state index < -0.39 is 0 Å². The summed E-state index contributed by atoms with van der Waals surface area (Å²) in [5.41, 5.74) is 16.8. The molecule has 0 saturated carbocycles. The SMILES string of the molecule is C.COc1cc2c(cc1O)N=C[C@@H]1Cc3sc(Br)cc3CN1C2=O.COc1cc2c(cc1OCc1cc(CBr)cc(COc3cc4c(cc3OC)C(=O)N3Cc5cc(Br)sc5C[C@H]3C=N4)c1)N=C[C@@H]1Cc3sc(Br)cc3CN1C2=O.COc1cc2c(cc1OCc1cc(COc3cc4c(cc3OC)C(=O)N3Cc5cc(Br)sc5C[C@H]3C=N4)cc(CN(C)C)c1)N=C[C@@H]1Cc3sc(Br)cc3CN1C2=O. The van der Waals surface area contributed by atoms with Gasteiger partial charge in [0.2, 0.25) is 0 Å². The second kappa shape index (κ2) is 40.7. The first-order chi connectivity index (χ1) is 66.3. The minimum absolute atomic E-state index is 0. The van der Waals surface area contributed by atoms with E-state index >= 15 is 0 Å². The van der Waals surface area contributed by atoms with Crippen LogP contribution in [-0.4, -0.2) is 175 Å². The van der Waals surface area contributed by atoms with Crippen LogP contribution >= 0.6 is 152 Å². The molecule has 0 saturated heterocycles. The minimum Gasteiger partial charge on any atom is -0.504 e. The number of aromatic hydroxyl groups is 1. The maximum Gasteiger partial charge on any atom is 0.257 e. The van der Waals surface area contributed by atoms with Gasteiger partial charge < -0.3 is 77.1 Å². The van der Waals surface area contributed by atoms with Crippen LogP contribution in [0.1, 0.15) is 145 Å². The standard InChI is InChI=1S/C43H39Br2N5O6S2.C41H33Br3N4O6S2.C16H13BrN2O3S.CH4/c1-48(2)18-23-5-24(21-55-36-14-32-30(12-34(36)53-3)42(51)49-19-26-8-40(44)57-38(26)10-28(49)16-46-32)7-25(6-23)22-56-37-15-33-31(13-35(37)54-4)43(52)50-20-27-9-41(45)58-39(27)11-29(50)17-47-33;1-51-32-10-28-30(45-15-26-8-36-24(6-38(43)55-36)17-47(26)40(28)49)12-34(32)53-19-22-3-21(14-42)4-23(5-22)20-54-35-13-31-29(11-33(35)52-2)41(50)48-18-25-7-39(44)56-37(25)9-27(48)16-46-31;1-22-13-4-10-11(5-12(13)20)18-6-9-3-14-8(2-15(17)23-14)7-19(9)16(10)21;/h5-9,12-17,28-29H,10-11,18-22H2,1-4H3;3-7,10-13,15-16,26-27H,8-9,14,17-20H2,1-2H3;2,4-6,9,20H,3,7H2,1H3;1H4/t28-,29-;26-,27-;9-;/m000./s1. The number of hydrogen-bond acceptors (Lipinski definition) is 26. The number of nitrogens with zero attached hydrogens (tertiary/aromatic N) is 11. The van der Waals surface area contributed by atoms with Gasteiger partial charge in [0.05, 0.1) is 141 Å². The zero-order chi connectivity index (χ0) is 95.0. The van der Waals surface area contributed by atoms with Crippen LogP contribution in [0.3, 0.4) is 0 Å². The van der Waals surface area contributed by atoms with Gasteiger partial charge in [-0.05, 0) is 228 Å². The number of phenolic OH excluding ortho intramolecular Hbond substituents is 1. The summed E-state index contributed by atoms with van der Waals surface area (Å²) in [6.07, 6.45) is 13.0. The van der Waals surface area contributed by atoms with Gasteiger partial charge in [-0.15, -0.1) is 56.7 Å². The Morgan fingerprint density at radius 2 is 0.543 bits per heavy atom. The molecule has 0 unspecified atom stereocenters. The number of phenols is 1. The maximum atomic E-state index is 13.9. The smallest absolute Gasteiger partial charge is 0.257 e. The zero-order valence-electron chi connectivity index (χ0n) is 74.6. The summed E-state index contributed by atoms with van der Waals surface area (Å²) in [5.74, 6) is 3.65. The first-order valence-corrected chi connectivity index (χ1v) is 52.8. The molecule has 22 rings (SSSR count). The van der Waals surface area contributed by atoms with E-state index in [-0.39, 0.29) is 105 Å². The molecule has 26 nitrogen and oxygen atoms in total. The summed E-state index contributed by atoms with van der Waals surface area (Å²) in [6, 6.07) is 39.5. The molecule has 0 aliphatic carbocycles. The van der Waals surface area contributed by atoms with Crippen LogP contribution in [0.25, 0.3) is 0 Å². The highest BCUT2D eigenvalue weighted by molar-refractivity contribution is 9.12. The fourth-order valence-electron chi connectivity index (χ4n) is 18.7. The molecule has 138 heavy (non-hydrogen) atoms. The Labute approximate surface area is 866 Å². The van der Waals surface area contributed by atoms with Crippen LogP contribution in [-0.2, 0) is 103 Å². The number of carbonyl (C=O) groups is 5. The van der Waals surface area contributed by atoms with Crippen molar-refractivity contribution in [2.24, 2.45) is 25.0 Å². The van der Waals surface area contributed by atoms with Gasteiger partial charge in [0.1, 0.15) is 26.4 Å². The number of carbonyl (C=O) groups excluding carboxylic acids is 5. The van der Waals surface area contributed by atoms with Crippen LogP contribution in [0.5, 0.6) is 57.5 Å². The number of alkyl halides is 1. The second-order valence-corrected chi connectivity index (χ2v) is 47.5. The lowest BCUT2D eigenvalue weighted by Crippen LogP contribution is -2.44. The number of rotatable bonds is 20. The number of aliphatic imine (C=N–C) groups is 5. The fraction of sp³-hybridized carbons (Fsp3) is 0.287. The molecule has 10 aliphatic heterocycles. The van der Waals surface area contributed by atoms with Crippen molar-refractivity contribution in [3.63, 3.8) is 0 Å². The van der Waals surface area contributed by atoms with Crippen molar-refractivity contribution in [1.29, 1.82) is 0 Å². The van der Waals surface area contributed by atoms with Crippen LogP contribution in [0.15, 0.2) is 171 Å². The quantitative estimate of drug-likeness (QED) is 0.0695. The van der Waals surface area contributed by atoms with Gasteiger partial charge in [-0.2, -0.15) is 0 Å². The van der Waals surface area contributed by atoms with Crippen LogP contribution in [0.4, 0.5) is 28.4 Å². The van der Waals surface area contributed by atoms with Gasteiger partial charge in [-0.3, -0.25) is 48.9 Å². The highest BCUT2D eigenvalue weighted by atomic mass is 79.9. The highest BCUT2D eigenvalue weighted by Gasteiger charge is 2.42. The molecule has 7 aromatic carbocycles. The molecule has 12 aromatic rings. The molecule has 37 heteroatoms. The van der Waals surface area contributed by atoms with E-state index in [1.807, 2.05) is 69.5 Å². The Hall–Kier alpha value is -10.4. The molecule has 5 aromatic heterocycles. The largest absolute Gasteiger partial charge is 0.504 e.